The minimum absolute atomic E-state index is 0.0153. The first-order chi connectivity index (χ1) is 5.22. The zero-order valence-electron chi connectivity index (χ0n) is 6.21. The van der Waals surface area contributed by atoms with Crippen molar-refractivity contribution in [2.45, 2.75) is 13.3 Å². The van der Waals surface area contributed by atoms with Crippen molar-refractivity contribution in [2.75, 3.05) is 11.9 Å². The zero-order valence-corrected chi connectivity index (χ0v) is 7.80. The van der Waals surface area contributed by atoms with Crippen LogP contribution in [-0.2, 0) is 9.63 Å². The number of carboxylic acids is 1. The second kappa shape index (κ2) is 6.15. The van der Waals surface area contributed by atoms with Crippen LogP contribution in [0.2, 0.25) is 0 Å². The van der Waals surface area contributed by atoms with Gasteiger partial charge >= 0.3 is 5.97 Å². The monoisotopic (exact) mass is 223 g/mol. The summed E-state index contributed by atoms with van der Waals surface area (Å²) in [5.41, 5.74) is -0.0153. The van der Waals surface area contributed by atoms with Crippen LogP contribution >= 0.6 is 15.9 Å². The van der Waals surface area contributed by atoms with Crippen LogP contribution in [0.4, 0.5) is 0 Å². The normalized spacial score (nSPS) is 11.3. The average Bonchev–Trinajstić information content (AvgIpc) is 1.97. The Kier molecular flexibility index (Phi) is 5.83. The molecule has 0 aliphatic rings. The van der Waals surface area contributed by atoms with Crippen LogP contribution in [0.1, 0.15) is 13.3 Å². The molecular formula is C6H10BrNO3. The lowest BCUT2D eigenvalue weighted by Crippen LogP contribution is -2.14. The van der Waals surface area contributed by atoms with Gasteiger partial charge in [0.1, 0.15) is 6.61 Å². The van der Waals surface area contributed by atoms with Crippen molar-refractivity contribution in [2.24, 2.45) is 5.16 Å². The number of carboxylic acid groups (broad SMARTS) is 1. The molecule has 0 bridgehead atoms. The van der Waals surface area contributed by atoms with E-state index in [0.717, 1.165) is 6.42 Å². The van der Waals surface area contributed by atoms with E-state index in [0.29, 0.717) is 6.61 Å². The number of nitrogens with zero attached hydrogens (tertiary/aromatic N) is 1. The van der Waals surface area contributed by atoms with Crippen molar-refractivity contribution in [3.8, 4) is 0 Å². The number of rotatable bonds is 5. The smallest absolute Gasteiger partial charge is 0.354 e. The third-order valence-electron chi connectivity index (χ3n) is 0.844. The van der Waals surface area contributed by atoms with Crippen LogP contribution in [0.5, 0.6) is 0 Å². The molecule has 0 spiro atoms. The summed E-state index contributed by atoms with van der Waals surface area (Å²) in [6, 6.07) is 0. The van der Waals surface area contributed by atoms with Gasteiger partial charge in [-0.2, -0.15) is 0 Å². The van der Waals surface area contributed by atoms with Crippen molar-refractivity contribution >= 4 is 27.6 Å². The fraction of sp³-hybridized carbons (Fsp3) is 0.667. The zero-order chi connectivity index (χ0) is 8.69. The van der Waals surface area contributed by atoms with E-state index >= 15 is 0 Å². The van der Waals surface area contributed by atoms with Crippen LogP contribution in [0.25, 0.3) is 0 Å². The Morgan fingerprint density at radius 3 is 2.73 bits per heavy atom. The first-order valence-electron chi connectivity index (χ1n) is 3.20. The molecule has 1 N–H and O–H groups in total. The molecule has 0 fully saturated rings. The summed E-state index contributed by atoms with van der Waals surface area (Å²) >= 11 is 2.98. The van der Waals surface area contributed by atoms with Gasteiger partial charge in [0.15, 0.2) is 5.71 Å². The largest absolute Gasteiger partial charge is 0.477 e. The first-order valence-corrected chi connectivity index (χ1v) is 4.32. The minimum Gasteiger partial charge on any atom is -0.477 e. The molecule has 0 heterocycles. The molecule has 0 aromatic carbocycles. The van der Waals surface area contributed by atoms with E-state index in [1.54, 1.807) is 0 Å². The van der Waals surface area contributed by atoms with E-state index in [1.165, 1.54) is 0 Å². The van der Waals surface area contributed by atoms with E-state index in [2.05, 4.69) is 25.9 Å². The Hall–Kier alpha value is -0.580. The fourth-order valence-corrected chi connectivity index (χ4v) is 0.678. The van der Waals surface area contributed by atoms with E-state index < -0.39 is 5.97 Å². The number of carbonyl (C=O) groups is 1. The Labute approximate surface area is 73.4 Å². The van der Waals surface area contributed by atoms with Gasteiger partial charge in [0.05, 0.1) is 5.33 Å². The third kappa shape index (κ3) is 4.78. The van der Waals surface area contributed by atoms with E-state index in [4.69, 9.17) is 5.11 Å². The molecule has 0 amide bonds. The Balaban J connectivity index is 3.81. The molecule has 5 heteroatoms. The van der Waals surface area contributed by atoms with Crippen LogP contribution < -0.4 is 0 Å². The summed E-state index contributed by atoms with van der Waals surface area (Å²) in [5.74, 6) is -1.06. The minimum atomic E-state index is -1.06. The summed E-state index contributed by atoms with van der Waals surface area (Å²) in [6.45, 7) is 2.37. The summed E-state index contributed by atoms with van der Waals surface area (Å²) in [7, 11) is 0. The quantitative estimate of drug-likeness (QED) is 0.331. The predicted octanol–water partition coefficient (Wildman–Crippen LogP) is 1.25. The van der Waals surface area contributed by atoms with E-state index in [-0.39, 0.29) is 11.0 Å². The molecule has 0 atom stereocenters. The molecule has 0 aromatic rings. The maximum Gasteiger partial charge on any atom is 0.354 e. The van der Waals surface area contributed by atoms with Crippen LogP contribution in [-0.4, -0.2) is 28.7 Å². The standard InChI is InChI=1S/C6H10BrNO3/c1-2-3-11-8-5(4-7)6(9)10/h2-4H2,1H3,(H,9,10)/b8-5-. The SMILES string of the molecule is CCCO/N=C(/CBr)C(=O)O. The molecule has 0 unspecified atom stereocenters. The number of hydrogen-bond acceptors (Lipinski definition) is 3. The van der Waals surface area contributed by atoms with Crippen LogP contribution in [0.3, 0.4) is 0 Å². The van der Waals surface area contributed by atoms with Crippen molar-refractivity contribution in [1.29, 1.82) is 0 Å². The lowest BCUT2D eigenvalue weighted by Gasteiger charge is -1.96. The number of aliphatic carboxylic acids is 1. The van der Waals surface area contributed by atoms with Crippen molar-refractivity contribution in [3.63, 3.8) is 0 Å². The average molecular weight is 224 g/mol. The van der Waals surface area contributed by atoms with Gasteiger partial charge < -0.3 is 9.94 Å². The van der Waals surface area contributed by atoms with E-state index in [1.807, 2.05) is 6.92 Å². The van der Waals surface area contributed by atoms with Crippen molar-refractivity contribution in [3.05, 3.63) is 0 Å². The maximum atomic E-state index is 10.3. The molecule has 0 aromatic heterocycles. The van der Waals surface area contributed by atoms with Crippen LogP contribution in [0.15, 0.2) is 5.16 Å². The molecule has 0 saturated heterocycles. The Bertz CT molecular complexity index is 158. The number of hydrogen-bond donors (Lipinski definition) is 1. The highest BCUT2D eigenvalue weighted by molar-refractivity contribution is 9.09. The highest BCUT2D eigenvalue weighted by Gasteiger charge is 2.06. The molecular weight excluding hydrogens is 214 g/mol. The highest BCUT2D eigenvalue weighted by atomic mass is 79.9. The first kappa shape index (κ1) is 10.4. The summed E-state index contributed by atoms with van der Waals surface area (Å²) in [5, 5.41) is 12.0. The topological polar surface area (TPSA) is 58.9 Å². The van der Waals surface area contributed by atoms with E-state index in [9.17, 15) is 4.79 Å². The number of oxime groups is 1. The Morgan fingerprint density at radius 1 is 1.73 bits per heavy atom. The molecule has 0 aliphatic heterocycles. The lowest BCUT2D eigenvalue weighted by molar-refractivity contribution is -0.129. The molecule has 0 aliphatic carbocycles. The number of alkyl halides is 1. The molecule has 0 rings (SSSR count). The van der Waals surface area contributed by atoms with Gasteiger partial charge in [-0.15, -0.1) is 0 Å². The fourth-order valence-electron chi connectivity index (χ4n) is 0.335. The van der Waals surface area contributed by atoms with Gasteiger partial charge in [0.25, 0.3) is 0 Å². The van der Waals surface area contributed by atoms with Crippen molar-refractivity contribution < 1.29 is 14.7 Å². The van der Waals surface area contributed by atoms with Gasteiger partial charge in [0.2, 0.25) is 0 Å². The molecule has 64 valence electrons. The highest BCUT2D eigenvalue weighted by Crippen LogP contribution is 1.89. The van der Waals surface area contributed by atoms with Gasteiger partial charge in [-0.25, -0.2) is 4.79 Å². The molecule has 0 saturated carbocycles. The predicted molar refractivity (Wildman–Crippen MR) is 45.1 cm³/mol. The molecule has 11 heavy (non-hydrogen) atoms. The number of halogens is 1. The molecule has 4 nitrogen and oxygen atoms in total. The van der Waals surface area contributed by atoms with Gasteiger partial charge in [-0.1, -0.05) is 28.0 Å². The van der Waals surface area contributed by atoms with Gasteiger partial charge in [-0.3, -0.25) is 0 Å². The molecule has 0 radical (unpaired) electrons. The second-order valence-corrected chi connectivity index (χ2v) is 2.37. The summed E-state index contributed by atoms with van der Waals surface area (Å²) < 4.78 is 0. The summed E-state index contributed by atoms with van der Waals surface area (Å²) in [4.78, 5) is 15.0. The summed E-state index contributed by atoms with van der Waals surface area (Å²) in [6.07, 6.45) is 0.818. The Morgan fingerprint density at radius 2 is 2.36 bits per heavy atom. The lowest BCUT2D eigenvalue weighted by atomic mass is 10.4. The third-order valence-corrected chi connectivity index (χ3v) is 1.37. The second-order valence-electron chi connectivity index (χ2n) is 1.81. The van der Waals surface area contributed by atoms with Gasteiger partial charge in [0, 0.05) is 0 Å². The van der Waals surface area contributed by atoms with Crippen molar-refractivity contribution in [1.82, 2.24) is 0 Å². The maximum absolute atomic E-state index is 10.3. The van der Waals surface area contributed by atoms with Gasteiger partial charge in [-0.05, 0) is 6.42 Å². The van der Waals surface area contributed by atoms with Crippen LogP contribution in [0, 0.1) is 0 Å².